The van der Waals surface area contributed by atoms with Gasteiger partial charge in [0.25, 0.3) is 0 Å². The Morgan fingerprint density at radius 1 is 0.370 bits per heavy atom. The van der Waals surface area contributed by atoms with E-state index >= 15 is 0 Å². The maximum Gasteiger partial charge on any atom is 0.146 e. The molecule has 10 rings (SSSR count). The molecular formula is C43H27N2P. The second-order valence-electron chi connectivity index (χ2n) is 12.1. The lowest BCUT2D eigenvalue weighted by atomic mass is 10.0. The van der Waals surface area contributed by atoms with Gasteiger partial charge in [-0.15, -0.1) is 0 Å². The standard InChI is InChI=1S/C43H27N2P/c1-2-11-31-25-32(21-19-28(31)9-1)46(33-22-20-30-18-17-29-10-3-4-12-35(29)39(30)26-33)34-23-24-40-42(27-34)45-41-16-8-7-14-37(41)36-13-5-6-15-38(36)43(45)44-40/h1-27H. The molecule has 0 aliphatic carbocycles. The van der Waals surface area contributed by atoms with Crippen LogP contribution in [0.4, 0.5) is 0 Å². The largest absolute Gasteiger partial charge is 0.292 e. The highest BCUT2D eigenvalue weighted by Gasteiger charge is 2.21. The molecule has 0 saturated carbocycles. The number of hydrogen-bond acceptors (Lipinski definition) is 1. The Labute approximate surface area is 266 Å². The van der Waals surface area contributed by atoms with Gasteiger partial charge in [0, 0.05) is 10.8 Å². The van der Waals surface area contributed by atoms with Gasteiger partial charge in [-0.1, -0.05) is 133 Å². The third kappa shape index (κ3) is 3.84. The lowest BCUT2D eigenvalue weighted by Crippen LogP contribution is -2.21. The Morgan fingerprint density at radius 3 is 1.78 bits per heavy atom. The zero-order valence-electron chi connectivity index (χ0n) is 24.9. The van der Waals surface area contributed by atoms with Gasteiger partial charge in [0.05, 0.1) is 16.6 Å². The predicted octanol–water partition coefficient (Wildman–Crippen LogP) is 10.0. The number of aromatic nitrogens is 2. The van der Waals surface area contributed by atoms with Crippen LogP contribution in [0.2, 0.25) is 0 Å². The first-order valence-corrected chi connectivity index (χ1v) is 17.1. The number of nitrogens with zero attached hydrogens (tertiary/aromatic N) is 2. The van der Waals surface area contributed by atoms with E-state index < -0.39 is 7.92 Å². The normalized spacial score (nSPS) is 12.7. The first kappa shape index (κ1) is 25.7. The molecule has 2 nitrogen and oxygen atoms in total. The van der Waals surface area contributed by atoms with Crippen molar-refractivity contribution in [1.82, 2.24) is 9.38 Å². The number of benzene rings is 8. The molecule has 0 radical (unpaired) electrons. The average Bonchev–Trinajstić information content (AvgIpc) is 3.51. The van der Waals surface area contributed by atoms with Gasteiger partial charge in [-0.2, -0.15) is 0 Å². The van der Waals surface area contributed by atoms with Crippen LogP contribution in [0.1, 0.15) is 0 Å². The molecule has 46 heavy (non-hydrogen) atoms. The van der Waals surface area contributed by atoms with E-state index in [1.807, 2.05) is 0 Å². The summed E-state index contributed by atoms with van der Waals surface area (Å²) < 4.78 is 2.37. The molecule has 2 heterocycles. The SMILES string of the molecule is c1ccc2cc(P(c3ccc4ccc5ccccc5c4c3)c3ccc4nc5c6ccccc6c6ccccc6n5c4c3)ccc2c1. The summed E-state index contributed by atoms with van der Waals surface area (Å²) in [5, 5.41) is 15.3. The van der Waals surface area contributed by atoms with Crippen LogP contribution < -0.4 is 15.9 Å². The first-order chi connectivity index (χ1) is 22.8. The molecule has 10 aromatic rings. The van der Waals surface area contributed by atoms with E-state index in [2.05, 4.69) is 168 Å². The summed E-state index contributed by atoms with van der Waals surface area (Å²) in [7, 11) is -0.876. The minimum absolute atomic E-state index is 0.876. The van der Waals surface area contributed by atoms with E-state index in [-0.39, 0.29) is 0 Å². The van der Waals surface area contributed by atoms with E-state index in [1.165, 1.54) is 69.9 Å². The maximum atomic E-state index is 5.23. The van der Waals surface area contributed by atoms with Crippen LogP contribution in [0.5, 0.6) is 0 Å². The van der Waals surface area contributed by atoms with E-state index in [4.69, 9.17) is 4.98 Å². The van der Waals surface area contributed by atoms with Crippen molar-refractivity contribution in [2.24, 2.45) is 0 Å². The van der Waals surface area contributed by atoms with Gasteiger partial charge < -0.3 is 0 Å². The number of pyridine rings is 1. The molecule has 0 spiro atoms. The first-order valence-electron chi connectivity index (χ1n) is 15.7. The number of rotatable bonds is 3. The molecule has 0 saturated heterocycles. The quantitative estimate of drug-likeness (QED) is 0.145. The van der Waals surface area contributed by atoms with Crippen molar-refractivity contribution in [3.8, 4) is 0 Å². The smallest absolute Gasteiger partial charge is 0.146 e. The molecular weight excluding hydrogens is 575 g/mol. The molecule has 0 aliphatic rings. The Hall–Kier alpha value is -5.56. The molecule has 0 N–H and O–H groups in total. The molecule has 0 amide bonds. The fourth-order valence-electron chi connectivity index (χ4n) is 7.33. The molecule has 1 unspecified atom stereocenters. The fourth-order valence-corrected chi connectivity index (χ4v) is 9.67. The minimum atomic E-state index is -0.876. The molecule has 214 valence electrons. The topological polar surface area (TPSA) is 17.3 Å². The summed E-state index contributed by atoms with van der Waals surface area (Å²) in [4.78, 5) is 5.23. The third-order valence-corrected chi connectivity index (χ3v) is 11.9. The highest BCUT2D eigenvalue weighted by molar-refractivity contribution is 7.79. The zero-order chi connectivity index (χ0) is 30.2. The monoisotopic (exact) mass is 602 g/mol. The maximum absolute atomic E-state index is 5.23. The lowest BCUT2D eigenvalue weighted by Gasteiger charge is -2.21. The fraction of sp³-hybridized carbons (Fsp3) is 0. The Morgan fingerprint density at radius 2 is 0.935 bits per heavy atom. The second kappa shape index (κ2) is 9.97. The van der Waals surface area contributed by atoms with Gasteiger partial charge >= 0.3 is 0 Å². The van der Waals surface area contributed by atoms with Crippen LogP contribution in [0.25, 0.3) is 70.7 Å². The molecule has 2 aromatic heterocycles. The van der Waals surface area contributed by atoms with E-state index in [0.717, 1.165) is 16.7 Å². The van der Waals surface area contributed by atoms with Gasteiger partial charge in [-0.05, 0) is 91.9 Å². The molecule has 8 aromatic carbocycles. The Balaban J connectivity index is 1.28. The van der Waals surface area contributed by atoms with Crippen molar-refractivity contribution in [3.63, 3.8) is 0 Å². The highest BCUT2D eigenvalue weighted by atomic mass is 31.1. The summed E-state index contributed by atoms with van der Waals surface area (Å²) in [6.07, 6.45) is 0. The van der Waals surface area contributed by atoms with Crippen LogP contribution >= 0.6 is 7.92 Å². The van der Waals surface area contributed by atoms with Crippen molar-refractivity contribution in [1.29, 1.82) is 0 Å². The van der Waals surface area contributed by atoms with Crippen LogP contribution in [-0.4, -0.2) is 9.38 Å². The van der Waals surface area contributed by atoms with E-state index in [0.29, 0.717) is 0 Å². The number of imidazole rings is 1. The van der Waals surface area contributed by atoms with E-state index in [1.54, 1.807) is 0 Å². The molecule has 3 heteroatoms. The number of fused-ring (bicyclic) bond motifs is 12. The predicted molar refractivity (Wildman–Crippen MR) is 199 cm³/mol. The van der Waals surface area contributed by atoms with Gasteiger partial charge in [0.1, 0.15) is 5.65 Å². The van der Waals surface area contributed by atoms with Gasteiger partial charge in [-0.25, -0.2) is 4.98 Å². The average molecular weight is 603 g/mol. The van der Waals surface area contributed by atoms with Crippen LogP contribution in [0.15, 0.2) is 164 Å². The van der Waals surface area contributed by atoms with Crippen LogP contribution in [0, 0.1) is 0 Å². The minimum Gasteiger partial charge on any atom is -0.292 e. The van der Waals surface area contributed by atoms with Crippen LogP contribution in [-0.2, 0) is 0 Å². The molecule has 0 fully saturated rings. The van der Waals surface area contributed by atoms with Gasteiger partial charge in [0.2, 0.25) is 0 Å². The number of para-hydroxylation sites is 1. The third-order valence-electron chi connectivity index (χ3n) is 9.48. The lowest BCUT2D eigenvalue weighted by molar-refractivity contribution is 1.32. The van der Waals surface area contributed by atoms with Crippen molar-refractivity contribution in [2.75, 3.05) is 0 Å². The Bertz CT molecular complexity index is 2830. The Kier molecular flexibility index (Phi) is 5.58. The molecule has 0 bridgehead atoms. The summed E-state index contributed by atoms with van der Waals surface area (Å²) in [6, 6.07) is 60.3. The van der Waals surface area contributed by atoms with Crippen molar-refractivity contribution >= 4 is 94.5 Å². The van der Waals surface area contributed by atoms with Crippen molar-refractivity contribution < 1.29 is 0 Å². The zero-order valence-corrected chi connectivity index (χ0v) is 25.8. The van der Waals surface area contributed by atoms with Crippen molar-refractivity contribution in [2.45, 2.75) is 0 Å². The van der Waals surface area contributed by atoms with Gasteiger partial charge in [0.15, 0.2) is 0 Å². The summed E-state index contributed by atoms with van der Waals surface area (Å²) in [5.41, 5.74) is 4.36. The van der Waals surface area contributed by atoms with Crippen LogP contribution in [0.3, 0.4) is 0 Å². The molecule has 0 aliphatic heterocycles. The van der Waals surface area contributed by atoms with Crippen molar-refractivity contribution in [3.05, 3.63) is 164 Å². The summed E-state index contributed by atoms with van der Waals surface area (Å²) in [6.45, 7) is 0. The molecule has 1 atom stereocenters. The van der Waals surface area contributed by atoms with E-state index in [9.17, 15) is 0 Å². The number of hydrogen-bond donors (Lipinski definition) is 0. The highest BCUT2D eigenvalue weighted by Crippen LogP contribution is 2.38. The summed E-state index contributed by atoms with van der Waals surface area (Å²) >= 11 is 0. The second-order valence-corrected chi connectivity index (χ2v) is 14.3. The summed E-state index contributed by atoms with van der Waals surface area (Å²) in [5.74, 6) is 0. The van der Waals surface area contributed by atoms with Gasteiger partial charge in [-0.3, -0.25) is 4.40 Å².